The van der Waals surface area contributed by atoms with E-state index in [1.165, 1.54) is 5.56 Å². The average molecular weight is 313 g/mol. The summed E-state index contributed by atoms with van der Waals surface area (Å²) < 4.78 is 1.95. The Morgan fingerprint density at radius 1 is 0.583 bits per heavy atom. The summed E-state index contributed by atoms with van der Waals surface area (Å²) in [6.07, 6.45) is 2.10. The summed E-state index contributed by atoms with van der Waals surface area (Å²) in [5, 5.41) is 4.84. The van der Waals surface area contributed by atoms with Gasteiger partial charge in [-0.05, 0) is 17.7 Å². The third kappa shape index (κ3) is 2.98. The van der Waals surface area contributed by atoms with E-state index in [9.17, 15) is 0 Å². The Kier molecular flexibility index (Phi) is 4.54. The molecule has 0 unspecified atom stereocenters. The second-order valence-electron chi connectivity index (χ2n) is 5.40. The maximum Gasteiger partial charge on any atom is 0.101 e. The van der Waals surface area contributed by atoms with Crippen LogP contribution in [0.15, 0.2) is 97.2 Å². The quantitative estimate of drug-likeness (QED) is 0.553. The van der Waals surface area contributed by atoms with Gasteiger partial charge in [-0.3, -0.25) is 0 Å². The van der Waals surface area contributed by atoms with Gasteiger partial charge in [0.15, 0.2) is 0 Å². The lowest BCUT2D eigenvalue weighted by molar-refractivity contribution is 0.884. The molecule has 118 valence electrons. The van der Waals surface area contributed by atoms with E-state index in [1.54, 1.807) is 0 Å². The molecule has 0 amide bonds. The zero-order valence-corrected chi connectivity index (χ0v) is 13.3. The topological polar surface area (TPSA) is 52.8 Å². The summed E-state index contributed by atoms with van der Waals surface area (Å²) >= 11 is 0. The maximum atomic E-state index is 4.84. The number of aromatic nitrogens is 2. The van der Waals surface area contributed by atoms with Crippen molar-refractivity contribution in [2.45, 2.75) is 0 Å². The van der Waals surface area contributed by atoms with Crippen LogP contribution in [-0.4, -0.2) is 9.78 Å². The number of hydrogen-bond donors (Lipinski definition) is 1. The van der Waals surface area contributed by atoms with Crippen molar-refractivity contribution < 1.29 is 0 Å². The van der Waals surface area contributed by atoms with E-state index in [2.05, 4.69) is 54.7 Å². The molecule has 3 nitrogen and oxygen atoms in total. The number of nitrogens with zero attached hydrogens (tertiary/aromatic N) is 2. The zero-order valence-electron chi connectivity index (χ0n) is 13.3. The van der Waals surface area contributed by atoms with Crippen molar-refractivity contribution in [3.63, 3.8) is 0 Å². The molecule has 0 aliphatic heterocycles. The van der Waals surface area contributed by atoms with E-state index >= 15 is 0 Å². The van der Waals surface area contributed by atoms with Gasteiger partial charge in [0.05, 0.1) is 5.69 Å². The van der Waals surface area contributed by atoms with Gasteiger partial charge >= 0.3 is 0 Å². The lowest BCUT2D eigenvalue weighted by Gasteiger charge is -2.02. The van der Waals surface area contributed by atoms with E-state index in [1.807, 2.05) is 47.1 Å². The minimum Gasteiger partial charge on any atom is -0.344 e. The molecule has 24 heavy (non-hydrogen) atoms. The van der Waals surface area contributed by atoms with Crippen LogP contribution in [0.2, 0.25) is 0 Å². The molecule has 0 atom stereocenters. The highest BCUT2D eigenvalue weighted by molar-refractivity contribution is 5.80. The molecule has 0 saturated heterocycles. The third-order valence-corrected chi connectivity index (χ3v) is 3.87. The molecule has 1 aromatic heterocycles. The largest absolute Gasteiger partial charge is 0.344 e. The van der Waals surface area contributed by atoms with Crippen LogP contribution < -0.4 is 6.15 Å². The number of para-hydroxylation sites is 1. The van der Waals surface area contributed by atoms with Crippen molar-refractivity contribution in [3.8, 4) is 28.1 Å². The van der Waals surface area contributed by atoms with Gasteiger partial charge in [0, 0.05) is 17.3 Å². The van der Waals surface area contributed by atoms with E-state index in [0.29, 0.717) is 0 Å². The molecule has 1 heterocycles. The summed E-state index contributed by atoms with van der Waals surface area (Å²) in [6, 6.07) is 30.9. The predicted molar refractivity (Wildman–Crippen MR) is 99.5 cm³/mol. The minimum absolute atomic E-state index is 0. The average Bonchev–Trinajstić information content (AvgIpc) is 3.09. The molecule has 3 N–H and O–H groups in total. The second kappa shape index (κ2) is 6.94. The van der Waals surface area contributed by atoms with Crippen LogP contribution in [0, 0.1) is 0 Å². The van der Waals surface area contributed by atoms with Gasteiger partial charge in [0.2, 0.25) is 0 Å². The van der Waals surface area contributed by atoms with Crippen LogP contribution >= 0.6 is 0 Å². The minimum atomic E-state index is 0. The first-order valence-electron chi connectivity index (χ1n) is 7.68. The molecular formula is C21H19N3. The highest BCUT2D eigenvalue weighted by Gasteiger charge is 2.13. The summed E-state index contributed by atoms with van der Waals surface area (Å²) in [6.45, 7) is 0. The van der Waals surface area contributed by atoms with Crippen molar-refractivity contribution in [1.82, 2.24) is 15.9 Å². The van der Waals surface area contributed by atoms with E-state index in [-0.39, 0.29) is 6.15 Å². The predicted octanol–water partition coefficient (Wildman–Crippen LogP) is 5.37. The fraction of sp³-hybridized carbons (Fsp3) is 0. The highest BCUT2D eigenvalue weighted by Crippen LogP contribution is 2.31. The smallest absolute Gasteiger partial charge is 0.101 e. The Labute approximate surface area is 141 Å². The Morgan fingerprint density at radius 3 is 1.67 bits per heavy atom. The molecule has 0 aliphatic carbocycles. The molecule has 0 bridgehead atoms. The molecule has 3 heteroatoms. The Balaban J connectivity index is 0.00000169. The second-order valence-corrected chi connectivity index (χ2v) is 5.40. The first-order chi connectivity index (χ1) is 11.4. The molecule has 4 rings (SSSR count). The van der Waals surface area contributed by atoms with Crippen LogP contribution in [-0.2, 0) is 0 Å². The van der Waals surface area contributed by atoms with Gasteiger partial charge in [-0.15, -0.1) is 0 Å². The standard InChI is InChI=1S/C21H16N2.H3N/c1-4-10-17(11-5-1)20-16-23(19-14-8-3-9-15-19)22-21(20)18-12-6-2-7-13-18;/h1-16H;1H3. The van der Waals surface area contributed by atoms with Crippen molar-refractivity contribution in [1.29, 1.82) is 0 Å². The van der Waals surface area contributed by atoms with Gasteiger partial charge in [0.25, 0.3) is 0 Å². The fourth-order valence-corrected chi connectivity index (χ4v) is 2.73. The van der Waals surface area contributed by atoms with Crippen LogP contribution in [0.1, 0.15) is 0 Å². The van der Waals surface area contributed by atoms with E-state index in [0.717, 1.165) is 22.5 Å². The first-order valence-corrected chi connectivity index (χ1v) is 7.68. The SMILES string of the molecule is N.c1ccc(-c2cn(-c3ccccc3)nc2-c2ccccc2)cc1. The van der Waals surface area contributed by atoms with Gasteiger partial charge in [-0.2, -0.15) is 5.10 Å². The van der Waals surface area contributed by atoms with Crippen molar-refractivity contribution in [2.75, 3.05) is 0 Å². The monoisotopic (exact) mass is 313 g/mol. The maximum absolute atomic E-state index is 4.84. The van der Waals surface area contributed by atoms with Crippen LogP contribution in [0.25, 0.3) is 28.1 Å². The van der Waals surface area contributed by atoms with Crippen LogP contribution in [0.4, 0.5) is 0 Å². The Bertz CT molecular complexity index is 841. The highest BCUT2D eigenvalue weighted by atomic mass is 15.3. The summed E-state index contributed by atoms with van der Waals surface area (Å²) in [7, 11) is 0. The molecule has 4 aromatic rings. The third-order valence-electron chi connectivity index (χ3n) is 3.87. The van der Waals surface area contributed by atoms with Crippen LogP contribution in [0.5, 0.6) is 0 Å². The van der Waals surface area contributed by atoms with Crippen molar-refractivity contribution in [2.24, 2.45) is 0 Å². The number of rotatable bonds is 3. The molecule has 0 aliphatic rings. The molecule has 0 saturated carbocycles. The van der Waals surface area contributed by atoms with Crippen molar-refractivity contribution >= 4 is 0 Å². The molecule has 0 fully saturated rings. The van der Waals surface area contributed by atoms with Gasteiger partial charge in [-0.25, -0.2) is 4.68 Å². The number of benzene rings is 3. The molecule has 3 aromatic carbocycles. The Morgan fingerprint density at radius 2 is 1.08 bits per heavy atom. The zero-order chi connectivity index (χ0) is 15.5. The van der Waals surface area contributed by atoms with Gasteiger partial charge in [0.1, 0.15) is 5.69 Å². The normalized spacial score (nSPS) is 10.2. The fourth-order valence-electron chi connectivity index (χ4n) is 2.73. The molecule has 0 spiro atoms. The molecule has 0 radical (unpaired) electrons. The number of hydrogen-bond acceptors (Lipinski definition) is 2. The van der Waals surface area contributed by atoms with Gasteiger partial charge < -0.3 is 6.15 Å². The van der Waals surface area contributed by atoms with Gasteiger partial charge in [-0.1, -0.05) is 78.9 Å². The molecular weight excluding hydrogens is 294 g/mol. The first kappa shape index (κ1) is 15.7. The lowest BCUT2D eigenvalue weighted by atomic mass is 10.0. The van der Waals surface area contributed by atoms with E-state index < -0.39 is 0 Å². The van der Waals surface area contributed by atoms with Crippen LogP contribution in [0.3, 0.4) is 0 Å². The summed E-state index contributed by atoms with van der Waals surface area (Å²) in [5.41, 5.74) is 5.50. The Hall–Kier alpha value is -3.17. The summed E-state index contributed by atoms with van der Waals surface area (Å²) in [5.74, 6) is 0. The lowest BCUT2D eigenvalue weighted by Crippen LogP contribution is -1.93. The van der Waals surface area contributed by atoms with Crippen molar-refractivity contribution in [3.05, 3.63) is 97.2 Å². The van der Waals surface area contributed by atoms with E-state index in [4.69, 9.17) is 5.10 Å². The summed E-state index contributed by atoms with van der Waals surface area (Å²) in [4.78, 5) is 0.